The van der Waals surface area contributed by atoms with E-state index in [0.717, 1.165) is 13.0 Å². The van der Waals surface area contributed by atoms with Crippen LogP contribution < -0.4 is 16.4 Å². The molecule has 0 aliphatic rings. The van der Waals surface area contributed by atoms with Crippen molar-refractivity contribution >= 4 is 39.1 Å². The fraction of sp³-hybridized carbons (Fsp3) is 0.273. The van der Waals surface area contributed by atoms with Crippen LogP contribution in [0.1, 0.15) is 6.92 Å². The van der Waals surface area contributed by atoms with Crippen LogP contribution in [0.25, 0.3) is 0 Å². The van der Waals surface area contributed by atoms with Crippen LogP contribution in [0.2, 0.25) is 5.02 Å². The van der Waals surface area contributed by atoms with Gasteiger partial charge < -0.3 is 11.1 Å². The molecular weight excluding hydrogens is 306 g/mol. The van der Waals surface area contributed by atoms with E-state index in [2.05, 4.69) is 5.32 Å². The van der Waals surface area contributed by atoms with E-state index < -0.39 is 27.0 Å². The Morgan fingerprint density at radius 1 is 1.35 bits per heavy atom. The lowest BCUT2D eigenvalue weighted by Gasteiger charge is -2.14. The topological polar surface area (TPSA) is 118 Å². The summed E-state index contributed by atoms with van der Waals surface area (Å²) in [6.45, 7) is 1.16. The number of halogens is 1. The normalized spacial score (nSPS) is 12.6. The van der Waals surface area contributed by atoms with Crippen LogP contribution in [0.15, 0.2) is 23.1 Å². The standard InChI is InChI=1S/C11H14ClN3O4S/c1-6(10(16)15-11(17)14-2)20(18,19)9-5-7(12)3-4-8(9)13/h3-6H,13H2,1-2H3,(H2,14,15,16,17). The lowest BCUT2D eigenvalue weighted by Crippen LogP contribution is -2.44. The van der Waals surface area contributed by atoms with E-state index in [-0.39, 0.29) is 15.6 Å². The van der Waals surface area contributed by atoms with Gasteiger partial charge in [-0.2, -0.15) is 0 Å². The van der Waals surface area contributed by atoms with Crippen molar-refractivity contribution in [2.75, 3.05) is 12.8 Å². The van der Waals surface area contributed by atoms with Crippen molar-refractivity contribution in [2.45, 2.75) is 17.1 Å². The van der Waals surface area contributed by atoms with Crippen molar-refractivity contribution in [1.29, 1.82) is 0 Å². The molecular formula is C11H14ClN3O4S. The molecule has 0 heterocycles. The SMILES string of the molecule is CNC(=O)NC(=O)C(C)S(=O)(=O)c1cc(Cl)ccc1N. The molecule has 9 heteroatoms. The second-order valence-corrected chi connectivity index (χ2v) is 6.61. The molecule has 4 N–H and O–H groups in total. The largest absolute Gasteiger partial charge is 0.398 e. The van der Waals surface area contributed by atoms with Crippen LogP contribution >= 0.6 is 11.6 Å². The molecule has 0 fully saturated rings. The first-order valence-electron chi connectivity index (χ1n) is 5.51. The van der Waals surface area contributed by atoms with Gasteiger partial charge in [-0.25, -0.2) is 13.2 Å². The van der Waals surface area contributed by atoms with Crippen molar-refractivity contribution in [2.24, 2.45) is 0 Å². The number of nitrogen functional groups attached to an aromatic ring is 1. The monoisotopic (exact) mass is 319 g/mol. The summed E-state index contributed by atoms with van der Waals surface area (Å²) in [6, 6.07) is 3.13. The number of rotatable bonds is 3. The zero-order valence-corrected chi connectivity index (χ0v) is 12.4. The maximum Gasteiger partial charge on any atom is 0.321 e. The zero-order chi connectivity index (χ0) is 15.5. The quantitative estimate of drug-likeness (QED) is 0.703. The fourth-order valence-corrected chi connectivity index (χ4v) is 3.01. The number of urea groups is 1. The minimum atomic E-state index is -4.05. The summed E-state index contributed by atoms with van der Waals surface area (Å²) in [7, 11) is -2.74. The maximum absolute atomic E-state index is 12.3. The lowest BCUT2D eigenvalue weighted by molar-refractivity contribution is -0.119. The number of nitrogens with one attached hydrogen (secondary N) is 2. The molecule has 0 radical (unpaired) electrons. The average molecular weight is 320 g/mol. The Hall–Kier alpha value is -1.80. The molecule has 0 bridgehead atoms. The van der Waals surface area contributed by atoms with Gasteiger partial charge in [-0.1, -0.05) is 11.6 Å². The van der Waals surface area contributed by atoms with E-state index >= 15 is 0 Å². The number of carbonyl (C=O) groups is 2. The summed E-state index contributed by atoms with van der Waals surface area (Å²) in [4.78, 5) is 22.5. The molecule has 110 valence electrons. The van der Waals surface area contributed by atoms with E-state index in [1.165, 1.54) is 19.2 Å². The number of carbonyl (C=O) groups excluding carboxylic acids is 2. The van der Waals surface area contributed by atoms with E-state index in [0.29, 0.717) is 0 Å². The second kappa shape index (κ2) is 6.10. The van der Waals surface area contributed by atoms with Gasteiger partial charge in [-0.15, -0.1) is 0 Å². The Kier molecular flexibility index (Phi) is 4.96. The highest BCUT2D eigenvalue weighted by Gasteiger charge is 2.32. The number of nitrogens with two attached hydrogens (primary N) is 1. The molecule has 1 unspecified atom stereocenters. The van der Waals surface area contributed by atoms with E-state index in [9.17, 15) is 18.0 Å². The summed E-state index contributed by atoms with van der Waals surface area (Å²) in [5.74, 6) is -0.955. The third-order valence-corrected chi connectivity index (χ3v) is 4.93. The first kappa shape index (κ1) is 16.3. The van der Waals surface area contributed by atoms with Gasteiger partial charge in [0.15, 0.2) is 9.84 Å². The summed E-state index contributed by atoms with van der Waals surface area (Å²) >= 11 is 5.73. The number of imide groups is 1. The van der Waals surface area contributed by atoms with E-state index in [1.54, 1.807) is 0 Å². The predicted molar refractivity (Wildman–Crippen MR) is 75.1 cm³/mol. The van der Waals surface area contributed by atoms with Crippen LogP contribution in [0.3, 0.4) is 0 Å². The molecule has 0 aromatic heterocycles. The Morgan fingerprint density at radius 3 is 2.50 bits per heavy atom. The van der Waals surface area contributed by atoms with Crippen LogP contribution in [0.4, 0.5) is 10.5 Å². The highest BCUT2D eigenvalue weighted by Crippen LogP contribution is 2.26. The maximum atomic E-state index is 12.3. The first-order chi connectivity index (χ1) is 9.20. The summed E-state index contributed by atoms with van der Waals surface area (Å²) in [5, 5.41) is 2.74. The zero-order valence-electron chi connectivity index (χ0n) is 10.8. The molecule has 7 nitrogen and oxygen atoms in total. The predicted octanol–water partition coefficient (Wildman–Crippen LogP) is 0.540. The van der Waals surface area contributed by atoms with Crippen LogP contribution in [0, 0.1) is 0 Å². The molecule has 3 amide bonds. The third kappa shape index (κ3) is 3.40. The minimum Gasteiger partial charge on any atom is -0.398 e. The molecule has 20 heavy (non-hydrogen) atoms. The summed E-state index contributed by atoms with van der Waals surface area (Å²) < 4.78 is 24.6. The molecule has 1 aromatic carbocycles. The second-order valence-electron chi connectivity index (χ2n) is 3.94. The average Bonchev–Trinajstić information content (AvgIpc) is 2.40. The molecule has 0 aliphatic heterocycles. The van der Waals surface area contributed by atoms with Crippen molar-refractivity contribution in [1.82, 2.24) is 10.6 Å². The first-order valence-corrected chi connectivity index (χ1v) is 7.44. The van der Waals surface area contributed by atoms with E-state index in [4.69, 9.17) is 17.3 Å². The number of amides is 3. The van der Waals surface area contributed by atoms with Gasteiger partial charge in [0.2, 0.25) is 5.91 Å². The summed E-state index contributed by atoms with van der Waals surface area (Å²) in [6.07, 6.45) is 0. The van der Waals surface area contributed by atoms with Crippen LogP contribution in [-0.2, 0) is 14.6 Å². The Morgan fingerprint density at radius 2 is 1.95 bits per heavy atom. The smallest absolute Gasteiger partial charge is 0.321 e. The summed E-state index contributed by atoms with van der Waals surface area (Å²) in [5.41, 5.74) is 5.57. The number of hydrogen-bond donors (Lipinski definition) is 3. The number of anilines is 1. The molecule has 1 rings (SSSR count). The molecule has 0 saturated carbocycles. The van der Waals surface area contributed by atoms with Gasteiger partial charge in [-0.05, 0) is 25.1 Å². The van der Waals surface area contributed by atoms with Crippen molar-refractivity contribution < 1.29 is 18.0 Å². The van der Waals surface area contributed by atoms with Crippen molar-refractivity contribution in [3.8, 4) is 0 Å². The number of hydrogen-bond acceptors (Lipinski definition) is 5. The van der Waals surface area contributed by atoms with Gasteiger partial charge in [0, 0.05) is 12.1 Å². The fourth-order valence-electron chi connectivity index (χ4n) is 1.36. The number of sulfone groups is 1. The van der Waals surface area contributed by atoms with Gasteiger partial charge in [0.25, 0.3) is 0 Å². The van der Waals surface area contributed by atoms with Gasteiger partial charge in [0.1, 0.15) is 5.25 Å². The van der Waals surface area contributed by atoms with Gasteiger partial charge in [0.05, 0.1) is 10.6 Å². The molecule has 0 aliphatic carbocycles. The third-order valence-electron chi connectivity index (χ3n) is 2.58. The highest BCUT2D eigenvalue weighted by atomic mass is 35.5. The molecule has 1 aromatic rings. The molecule has 1 atom stereocenters. The Bertz CT molecular complexity index is 645. The lowest BCUT2D eigenvalue weighted by atomic mass is 10.3. The Labute approximate surface area is 121 Å². The van der Waals surface area contributed by atoms with Gasteiger partial charge >= 0.3 is 6.03 Å². The number of benzene rings is 1. The minimum absolute atomic E-state index is 0.0195. The highest BCUT2D eigenvalue weighted by molar-refractivity contribution is 7.93. The van der Waals surface area contributed by atoms with Crippen LogP contribution in [-0.4, -0.2) is 32.7 Å². The Balaban J connectivity index is 3.13. The van der Waals surface area contributed by atoms with Crippen molar-refractivity contribution in [3.05, 3.63) is 23.2 Å². The molecule has 0 saturated heterocycles. The van der Waals surface area contributed by atoms with Gasteiger partial charge in [-0.3, -0.25) is 10.1 Å². The van der Waals surface area contributed by atoms with Crippen LogP contribution in [0.5, 0.6) is 0 Å². The van der Waals surface area contributed by atoms with E-state index in [1.807, 2.05) is 5.32 Å². The molecule has 0 spiro atoms. The van der Waals surface area contributed by atoms with Crippen molar-refractivity contribution in [3.63, 3.8) is 0 Å².